The number of aromatic nitrogens is 3. The number of nitrogens with zero attached hydrogens (tertiary/aromatic N) is 4. The van der Waals surface area contributed by atoms with Crippen LogP contribution in [0.15, 0.2) is 42.5 Å². The van der Waals surface area contributed by atoms with Gasteiger partial charge in [0.15, 0.2) is 5.82 Å². The van der Waals surface area contributed by atoms with E-state index >= 15 is 0 Å². The Balaban J connectivity index is 2.04. The molecular weight excluding hydrogens is 336 g/mol. The topological polar surface area (TPSA) is 92.3 Å². The molecule has 8 nitrogen and oxygen atoms in total. The van der Waals surface area contributed by atoms with Crippen LogP contribution in [0.3, 0.4) is 0 Å². The fourth-order valence-electron chi connectivity index (χ4n) is 2.67. The van der Waals surface area contributed by atoms with Gasteiger partial charge in [-0.15, -0.1) is 10.2 Å². The first kappa shape index (κ1) is 17.4. The van der Waals surface area contributed by atoms with E-state index in [-0.39, 0.29) is 5.69 Å². The Morgan fingerprint density at radius 2 is 1.81 bits per heavy atom. The summed E-state index contributed by atoms with van der Waals surface area (Å²) in [4.78, 5) is 10.7. The molecule has 8 heteroatoms. The molecule has 2 aromatic carbocycles. The van der Waals surface area contributed by atoms with Gasteiger partial charge in [-0.25, -0.2) is 0 Å². The molecule has 0 aliphatic heterocycles. The third-order valence-corrected chi connectivity index (χ3v) is 4.07. The number of nitro groups is 1. The first-order chi connectivity index (χ1) is 12.5. The number of aryl methyl sites for hydroxylation is 1. The first-order valence-corrected chi connectivity index (χ1v) is 7.89. The Hall–Kier alpha value is -3.42. The van der Waals surface area contributed by atoms with Crippen molar-refractivity contribution >= 4 is 5.69 Å². The van der Waals surface area contributed by atoms with Gasteiger partial charge in [0.05, 0.1) is 31.3 Å². The van der Waals surface area contributed by atoms with Crippen LogP contribution in [-0.4, -0.2) is 33.9 Å². The normalized spacial score (nSPS) is 10.6. The lowest BCUT2D eigenvalue weighted by atomic mass is 10.1. The molecule has 0 N–H and O–H groups in total. The fourth-order valence-corrected chi connectivity index (χ4v) is 2.67. The molecular formula is C18H18N4O4. The largest absolute Gasteiger partial charge is 0.497 e. The summed E-state index contributed by atoms with van der Waals surface area (Å²) in [5.41, 5.74) is 1.52. The van der Waals surface area contributed by atoms with Crippen molar-refractivity contribution in [1.29, 1.82) is 0 Å². The van der Waals surface area contributed by atoms with Gasteiger partial charge in [-0.05, 0) is 30.7 Å². The molecule has 3 rings (SSSR count). The second-order valence-corrected chi connectivity index (χ2v) is 5.65. The van der Waals surface area contributed by atoms with Crippen molar-refractivity contribution < 1.29 is 14.4 Å². The van der Waals surface area contributed by atoms with Crippen LogP contribution in [0.4, 0.5) is 5.69 Å². The number of hydrogen-bond donors (Lipinski definition) is 0. The number of non-ortho nitro benzene ring substituents is 1. The van der Waals surface area contributed by atoms with Gasteiger partial charge < -0.3 is 14.0 Å². The van der Waals surface area contributed by atoms with Crippen LogP contribution in [-0.2, 0) is 6.54 Å². The second kappa shape index (κ2) is 7.22. The summed E-state index contributed by atoms with van der Waals surface area (Å²) in [6.45, 7) is 2.36. The minimum atomic E-state index is -0.444. The molecule has 26 heavy (non-hydrogen) atoms. The Labute approximate surface area is 150 Å². The van der Waals surface area contributed by atoms with Crippen molar-refractivity contribution in [2.75, 3.05) is 14.2 Å². The molecule has 0 fully saturated rings. The van der Waals surface area contributed by atoms with Gasteiger partial charge in [0, 0.05) is 12.1 Å². The highest BCUT2D eigenvalue weighted by atomic mass is 16.6. The standard InChI is InChI=1S/C18H18N4O4/c1-12-19-20-18(16-10-14(22(23)24)6-9-17(16)26-3)21(12)11-13-4-7-15(25-2)8-5-13/h4-10H,11H2,1-3H3. The molecule has 0 saturated heterocycles. The summed E-state index contributed by atoms with van der Waals surface area (Å²) in [6, 6.07) is 12.1. The van der Waals surface area contributed by atoms with Crippen molar-refractivity contribution in [3.8, 4) is 22.9 Å². The van der Waals surface area contributed by atoms with E-state index in [1.165, 1.54) is 19.2 Å². The van der Waals surface area contributed by atoms with Crippen molar-refractivity contribution in [1.82, 2.24) is 14.8 Å². The van der Waals surface area contributed by atoms with E-state index < -0.39 is 4.92 Å². The Morgan fingerprint density at radius 3 is 2.42 bits per heavy atom. The number of nitro benzene ring substituents is 1. The molecule has 1 heterocycles. The van der Waals surface area contributed by atoms with Crippen molar-refractivity contribution in [2.45, 2.75) is 13.5 Å². The van der Waals surface area contributed by atoms with E-state index in [0.29, 0.717) is 29.5 Å². The number of benzene rings is 2. The summed E-state index contributed by atoms with van der Waals surface area (Å²) in [5, 5.41) is 19.5. The van der Waals surface area contributed by atoms with Crippen LogP contribution in [0.1, 0.15) is 11.4 Å². The van der Waals surface area contributed by atoms with E-state index in [1.54, 1.807) is 13.2 Å². The van der Waals surface area contributed by atoms with Crippen LogP contribution in [0.5, 0.6) is 11.5 Å². The molecule has 0 aliphatic rings. The van der Waals surface area contributed by atoms with Crippen LogP contribution in [0, 0.1) is 17.0 Å². The van der Waals surface area contributed by atoms with Crippen LogP contribution in [0.2, 0.25) is 0 Å². The van der Waals surface area contributed by atoms with Gasteiger partial charge in [-0.2, -0.15) is 0 Å². The lowest BCUT2D eigenvalue weighted by molar-refractivity contribution is -0.384. The lowest BCUT2D eigenvalue weighted by Crippen LogP contribution is -2.05. The van der Waals surface area contributed by atoms with Gasteiger partial charge in [0.2, 0.25) is 0 Å². The molecule has 1 aromatic heterocycles. The second-order valence-electron chi connectivity index (χ2n) is 5.65. The lowest BCUT2D eigenvalue weighted by Gasteiger charge is -2.12. The number of hydrogen-bond acceptors (Lipinski definition) is 6. The number of rotatable bonds is 6. The molecule has 0 spiro atoms. The highest BCUT2D eigenvalue weighted by Crippen LogP contribution is 2.33. The van der Waals surface area contributed by atoms with Crippen LogP contribution >= 0.6 is 0 Å². The predicted molar refractivity (Wildman–Crippen MR) is 95.5 cm³/mol. The molecule has 0 bridgehead atoms. The zero-order valence-corrected chi connectivity index (χ0v) is 14.7. The molecule has 0 radical (unpaired) electrons. The highest BCUT2D eigenvalue weighted by molar-refractivity contribution is 5.68. The minimum Gasteiger partial charge on any atom is -0.497 e. The quantitative estimate of drug-likeness (QED) is 0.498. The van der Waals surface area contributed by atoms with Crippen LogP contribution in [0.25, 0.3) is 11.4 Å². The predicted octanol–water partition coefficient (Wildman–Crippen LogP) is 3.23. The highest BCUT2D eigenvalue weighted by Gasteiger charge is 2.19. The monoisotopic (exact) mass is 354 g/mol. The average Bonchev–Trinajstić information content (AvgIpc) is 3.02. The maximum Gasteiger partial charge on any atom is 0.270 e. The Bertz CT molecular complexity index is 935. The SMILES string of the molecule is COc1ccc(Cn2c(C)nnc2-c2cc([N+](=O)[O-])ccc2OC)cc1. The molecule has 0 amide bonds. The number of ether oxygens (including phenoxy) is 2. The van der Waals surface area contributed by atoms with E-state index in [9.17, 15) is 10.1 Å². The van der Waals surface area contributed by atoms with Crippen molar-refractivity contribution in [2.24, 2.45) is 0 Å². The van der Waals surface area contributed by atoms with Gasteiger partial charge >= 0.3 is 0 Å². The number of methoxy groups -OCH3 is 2. The maximum atomic E-state index is 11.1. The van der Waals surface area contributed by atoms with Crippen LogP contribution < -0.4 is 9.47 Å². The zero-order chi connectivity index (χ0) is 18.7. The fraction of sp³-hybridized carbons (Fsp3) is 0.222. The zero-order valence-electron chi connectivity index (χ0n) is 14.7. The summed E-state index contributed by atoms with van der Waals surface area (Å²) in [6.07, 6.45) is 0. The average molecular weight is 354 g/mol. The van der Waals surface area contributed by atoms with E-state index in [1.807, 2.05) is 35.8 Å². The summed E-state index contributed by atoms with van der Waals surface area (Å²) < 4.78 is 12.4. The summed E-state index contributed by atoms with van der Waals surface area (Å²) >= 11 is 0. The third kappa shape index (κ3) is 3.34. The van der Waals surface area contributed by atoms with Crippen molar-refractivity contribution in [3.05, 3.63) is 64.0 Å². The van der Waals surface area contributed by atoms with Gasteiger partial charge in [-0.1, -0.05) is 12.1 Å². The first-order valence-electron chi connectivity index (χ1n) is 7.89. The Kier molecular flexibility index (Phi) is 4.83. The molecule has 0 saturated carbocycles. The van der Waals surface area contributed by atoms with Gasteiger partial charge in [0.1, 0.15) is 17.3 Å². The molecule has 0 unspecified atom stereocenters. The molecule has 134 valence electrons. The smallest absolute Gasteiger partial charge is 0.270 e. The molecule has 0 aliphatic carbocycles. The van der Waals surface area contributed by atoms with E-state index in [2.05, 4.69) is 10.2 Å². The summed E-state index contributed by atoms with van der Waals surface area (Å²) in [7, 11) is 3.13. The molecule has 3 aromatic rings. The van der Waals surface area contributed by atoms with E-state index in [4.69, 9.17) is 9.47 Å². The van der Waals surface area contributed by atoms with Crippen molar-refractivity contribution in [3.63, 3.8) is 0 Å². The summed E-state index contributed by atoms with van der Waals surface area (Å²) in [5.74, 6) is 2.48. The Morgan fingerprint density at radius 1 is 1.08 bits per heavy atom. The minimum absolute atomic E-state index is 0.0301. The third-order valence-electron chi connectivity index (χ3n) is 4.07. The molecule has 0 atom stereocenters. The van der Waals surface area contributed by atoms with E-state index in [0.717, 1.165) is 11.3 Å². The van der Waals surface area contributed by atoms with Gasteiger partial charge in [0.25, 0.3) is 5.69 Å². The van der Waals surface area contributed by atoms with Gasteiger partial charge in [-0.3, -0.25) is 10.1 Å². The maximum absolute atomic E-state index is 11.1.